The Hall–Kier alpha value is -0.990. The van der Waals surface area contributed by atoms with Crippen molar-refractivity contribution in [1.82, 2.24) is 4.98 Å². The van der Waals surface area contributed by atoms with Crippen molar-refractivity contribution in [3.8, 4) is 0 Å². The van der Waals surface area contributed by atoms with Crippen molar-refractivity contribution in [2.24, 2.45) is 0 Å². The third-order valence-corrected chi connectivity index (χ3v) is 2.95. The van der Waals surface area contributed by atoms with Crippen LogP contribution in [0.2, 0.25) is 0 Å². The maximum absolute atomic E-state index is 4.08. The Morgan fingerprint density at radius 3 is 2.47 bits per heavy atom. The van der Waals surface area contributed by atoms with E-state index in [4.69, 9.17) is 0 Å². The molecule has 0 saturated heterocycles. The maximum Gasteiger partial charge on any atom is 0.0308 e. The number of hydrogen-bond donors (Lipinski definition) is 0. The van der Waals surface area contributed by atoms with Gasteiger partial charge in [-0.3, -0.25) is 4.98 Å². The van der Waals surface area contributed by atoms with E-state index in [1.165, 1.54) is 10.5 Å². The Labute approximate surface area is 100 Å². The molecule has 0 atom stereocenters. The molecular weight excluding hydrogens is 226 g/mol. The van der Waals surface area contributed by atoms with Crippen molar-refractivity contribution >= 4 is 24.2 Å². The van der Waals surface area contributed by atoms with Gasteiger partial charge in [-0.2, -0.15) is 0 Å². The molecule has 15 heavy (non-hydrogen) atoms. The van der Waals surface area contributed by atoms with Crippen LogP contribution >= 0.6 is 24.2 Å². The standard InChI is InChI=1S/C12H11NS.ClH/c1-2-6-12(7-3-1)14-10-11-5-4-8-13-9-11;/h1-9H,10H2;1H. The van der Waals surface area contributed by atoms with Gasteiger partial charge in [-0.1, -0.05) is 24.3 Å². The molecule has 0 amide bonds. The van der Waals surface area contributed by atoms with Crippen LogP contribution in [-0.4, -0.2) is 4.98 Å². The number of rotatable bonds is 3. The van der Waals surface area contributed by atoms with Gasteiger partial charge in [-0.25, -0.2) is 0 Å². The molecule has 0 unspecified atom stereocenters. The SMILES string of the molecule is Cl.c1ccc(SCc2cccnc2)cc1. The monoisotopic (exact) mass is 237 g/mol. The largest absolute Gasteiger partial charge is 0.264 e. The molecule has 0 bridgehead atoms. The smallest absolute Gasteiger partial charge is 0.0308 e. The number of benzene rings is 1. The van der Waals surface area contributed by atoms with Crippen LogP contribution in [0.1, 0.15) is 5.56 Å². The molecule has 1 aromatic carbocycles. The molecule has 0 fully saturated rings. The van der Waals surface area contributed by atoms with E-state index in [-0.39, 0.29) is 12.4 Å². The number of aromatic nitrogens is 1. The summed E-state index contributed by atoms with van der Waals surface area (Å²) in [6, 6.07) is 14.5. The lowest BCUT2D eigenvalue weighted by atomic mass is 10.3. The summed E-state index contributed by atoms with van der Waals surface area (Å²) in [5.74, 6) is 0.984. The van der Waals surface area contributed by atoms with E-state index in [2.05, 4.69) is 35.3 Å². The Bertz CT molecular complexity index is 338. The second-order valence-corrected chi connectivity index (χ2v) is 4.01. The van der Waals surface area contributed by atoms with Gasteiger partial charge in [0, 0.05) is 23.0 Å². The lowest BCUT2D eigenvalue weighted by Gasteiger charge is -2.00. The van der Waals surface area contributed by atoms with Gasteiger partial charge in [0.25, 0.3) is 0 Å². The van der Waals surface area contributed by atoms with Gasteiger partial charge >= 0.3 is 0 Å². The molecule has 0 radical (unpaired) electrons. The Morgan fingerprint density at radius 2 is 1.80 bits per heavy atom. The summed E-state index contributed by atoms with van der Waals surface area (Å²) in [5, 5.41) is 0. The number of hydrogen-bond acceptors (Lipinski definition) is 2. The minimum Gasteiger partial charge on any atom is -0.264 e. The number of halogens is 1. The molecule has 0 N–H and O–H groups in total. The highest BCUT2D eigenvalue weighted by Gasteiger charge is 1.94. The van der Waals surface area contributed by atoms with Crippen LogP contribution in [-0.2, 0) is 5.75 Å². The highest BCUT2D eigenvalue weighted by Crippen LogP contribution is 2.21. The first kappa shape index (κ1) is 12.1. The number of pyridine rings is 1. The van der Waals surface area contributed by atoms with Crippen molar-refractivity contribution in [2.45, 2.75) is 10.6 Å². The summed E-state index contributed by atoms with van der Waals surface area (Å²) in [7, 11) is 0. The third kappa shape index (κ3) is 3.94. The molecule has 0 spiro atoms. The number of thioether (sulfide) groups is 1. The van der Waals surface area contributed by atoms with Crippen molar-refractivity contribution in [3.63, 3.8) is 0 Å². The molecule has 0 aliphatic carbocycles. The van der Waals surface area contributed by atoms with E-state index < -0.39 is 0 Å². The highest BCUT2D eigenvalue weighted by molar-refractivity contribution is 7.98. The van der Waals surface area contributed by atoms with Crippen LogP contribution in [0, 0.1) is 0 Å². The molecule has 2 aromatic rings. The molecule has 1 aromatic heterocycles. The van der Waals surface area contributed by atoms with Crippen LogP contribution in [0.5, 0.6) is 0 Å². The topological polar surface area (TPSA) is 12.9 Å². The molecule has 78 valence electrons. The first-order chi connectivity index (χ1) is 6.95. The fraction of sp³-hybridized carbons (Fsp3) is 0.0833. The summed E-state index contributed by atoms with van der Waals surface area (Å²) in [6.45, 7) is 0. The van der Waals surface area contributed by atoms with Gasteiger partial charge in [0.05, 0.1) is 0 Å². The average Bonchev–Trinajstić information content (AvgIpc) is 2.29. The normalized spacial score (nSPS) is 9.33. The molecule has 0 aliphatic heterocycles. The Morgan fingerprint density at radius 1 is 1.00 bits per heavy atom. The van der Waals surface area contributed by atoms with Crippen LogP contribution in [0.3, 0.4) is 0 Å². The zero-order chi connectivity index (χ0) is 9.64. The molecule has 0 aliphatic rings. The second-order valence-electron chi connectivity index (χ2n) is 2.96. The van der Waals surface area contributed by atoms with E-state index in [0.717, 1.165) is 5.75 Å². The van der Waals surface area contributed by atoms with Gasteiger partial charge in [-0.05, 0) is 23.8 Å². The van der Waals surface area contributed by atoms with Crippen molar-refractivity contribution in [1.29, 1.82) is 0 Å². The average molecular weight is 238 g/mol. The summed E-state index contributed by atoms with van der Waals surface area (Å²) in [6.07, 6.45) is 3.71. The highest BCUT2D eigenvalue weighted by atomic mass is 35.5. The predicted octanol–water partition coefficient (Wildman–Crippen LogP) is 3.80. The molecule has 3 heteroatoms. The van der Waals surface area contributed by atoms with E-state index in [1.807, 2.05) is 30.1 Å². The fourth-order valence-corrected chi connectivity index (χ4v) is 2.02. The van der Waals surface area contributed by atoms with Crippen molar-refractivity contribution in [3.05, 3.63) is 60.4 Å². The van der Waals surface area contributed by atoms with Gasteiger partial charge in [0.2, 0.25) is 0 Å². The quantitative estimate of drug-likeness (QED) is 0.754. The van der Waals surface area contributed by atoms with Crippen LogP contribution < -0.4 is 0 Å². The molecule has 1 heterocycles. The third-order valence-electron chi connectivity index (χ3n) is 1.87. The van der Waals surface area contributed by atoms with E-state index in [0.29, 0.717) is 0 Å². The second kappa shape index (κ2) is 6.49. The summed E-state index contributed by atoms with van der Waals surface area (Å²) in [4.78, 5) is 5.39. The van der Waals surface area contributed by atoms with Crippen LogP contribution in [0.4, 0.5) is 0 Å². The zero-order valence-corrected chi connectivity index (χ0v) is 9.80. The number of nitrogens with zero attached hydrogens (tertiary/aromatic N) is 1. The van der Waals surface area contributed by atoms with Gasteiger partial charge in [-0.15, -0.1) is 24.2 Å². The molecule has 1 nitrogen and oxygen atoms in total. The van der Waals surface area contributed by atoms with Crippen molar-refractivity contribution in [2.75, 3.05) is 0 Å². The minimum absolute atomic E-state index is 0. The Balaban J connectivity index is 0.00000112. The fourth-order valence-electron chi connectivity index (χ4n) is 1.17. The molecule has 2 rings (SSSR count). The first-order valence-electron chi connectivity index (χ1n) is 4.52. The van der Waals surface area contributed by atoms with Gasteiger partial charge in [0.15, 0.2) is 0 Å². The van der Waals surface area contributed by atoms with Crippen LogP contribution in [0.15, 0.2) is 59.8 Å². The van der Waals surface area contributed by atoms with E-state index >= 15 is 0 Å². The van der Waals surface area contributed by atoms with Crippen molar-refractivity contribution < 1.29 is 0 Å². The maximum atomic E-state index is 4.08. The van der Waals surface area contributed by atoms with Gasteiger partial charge in [0.1, 0.15) is 0 Å². The summed E-state index contributed by atoms with van der Waals surface area (Å²) in [5.41, 5.74) is 1.27. The van der Waals surface area contributed by atoms with E-state index in [1.54, 1.807) is 6.20 Å². The summed E-state index contributed by atoms with van der Waals surface area (Å²) >= 11 is 1.83. The van der Waals surface area contributed by atoms with Gasteiger partial charge < -0.3 is 0 Å². The molecule has 0 saturated carbocycles. The lowest BCUT2D eigenvalue weighted by molar-refractivity contribution is 1.25. The summed E-state index contributed by atoms with van der Waals surface area (Å²) < 4.78 is 0. The zero-order valence-electron chi connectivity index (χ0n) is 8.17. The minimum atomic E-state index is 0. The lowest BCUT2D eigenvalue weighted by Crippen LogP contribution is -1.80. The predicted molar refractivity (Wildman–Crippen MR) is 67.5 cm³/mol. The molecular formula is C12H12ClNS. The van der Waals surface area contributed by atoms with Crippen LogP contribution in [0.25, 0.3) is 0 Å². The Kier molecular flexibility index (Phi) is 5.22. The first-order valence-corrected chi connectivity index (χ1v) is 5.50. The van der Waals surface area contributed by atoms with E-state index in [9.17, 15) is 0 Å².